The molecule has 2 aromatic heterocycles. The number of nitrogens with zero attached hydrogens (tertiary/aromatic N) is 4. The number of carbonyl (C=O) groups excluding carboxylic acids is 1. The predicted molar refractivity (Wildman–Crippen MR) is 95.6 cm³/mol. The summed E-state index contributed by atoms with van der Waals surface area (Å²) in [6, 6.07) is 5.88. The van der Waals surface area contributed by atoms with Gasteiger partial charge in [0.2, 0.25) is 5.91 Å². The van der Waals surface area contributed by atoms with Crippen LogP contribution in [0, 0.1) is 13.8 Å². The van der Waals surface area contributed by atoms with E-state index in [1.807, 2.05) is 55.9 Å². The number of amides is 1. The van der Waals surface area contributed by atoms with Crippen molar-refractivity contribution in [3.63, 3.8) is 0 Å². The van der Waals surface area contributed by atoms with Crippen molar-refractivity contribution >= 4 is 11.7 Å². The van der Waals surface area contributed by atoms with Gasteiger partial charge in [0.25, 0.3) is 0 Å². The molecule has 7 nitrogen and oxygen atoms in total. The minimum absolute atomic E-state index is 0.102. The molecule has 0 bridgehead atoms. The summed E-state index contributed by atoms with van der Waals surface area (Å²) in [6.45, 7) is 5.53. The monoisotopic (exact) mass is 343 g/mol. The number of ether oxygens (including phenoxy) is 1. The summed E-state index contributed by atoms with van der Waals surface area (Å²) in [6.07, 6.45) is 0.177. The molecule has 1 atom stereocenters. The van der Waals surface area contributed by atoms with Crippen LogP contribution in [0.25, 0.3) is 0 Å². The van der Waals surface area contributed by atoms with Crippen LogP contribution in [0.4, 0.5) is 5.82 Å². The van der Waals surface area contributed by atoms with Crippen molar-refractivity contribution in [1.29, 1.82) is 0 Å². The van der Waals surface area contributed by atoms with Gasteiger partial charge in [-0.25, -0.2) is 4.98 Å². The van der Waals surface area contributed by atoms with Crippen LogP contribution in [-0.4, -0.2) is 59.8 Å². The first-order valence-corrected chi connectivity index (χ1v) is 8.50. The molecule has 1 N–H and O–H groups in total. The highest BCUT2D eigenvalue weighted by Crippen LogP contribution is 2.23. The highest BCUT2D eigenvalue weighted by Gasteiger charge is 2.27. The number of aromatic nitrogens is 3. The Morgan fingerprint density at radius 2 is 2.20 bits per heavy atom. The number of hydrogen-bond acceptors (Lipinski definition) is 5. The Morgan fingerprint density at radius 3 is 2.88 bits per heavy atom. The van der Waals surface area contributed by atoms with Crippen LogP contribution in [0.3, 0.4) is 0 Å². The van der Waals surface area contributed by atoms with Gasteiger partial charge in [-0.1, -0.05) is 6.07 Å². The maximum absolute atomic E-state index is 12.7. The topological polar surface area (TPSA) is 74.3 Å². The minimum atomic E-state index is -0.191. The molecule has 7 heteroatoms. The lowest BCUT2D eigenvalue weighted by molar-refractivity contribution is -0.138. The highest BCUT2D eigenvalue weighted by atomic mass is 16.5. The lowest BCUT2D eigenvalue weighted by Crippen LogP contribution is -2.43. The number of rotatable bonds is 4. The van der Waals surface area contributed by atoms with E-state index in [1.54, 1.807) is 0 Å². The molecule has 3 heterocycles. The molecule has 0 saturated carbocycles. The molecule has 25 heavy (non-hydrogen) atoms. The quantitative estimate of drug-likeness (QED) is 0.913. The fourth-order valence-corrected chi connectivity index (χ4v) is 3.02. The van der Waals surface area contributed by atoms with Gasteiger partial charge in [-0.2, -0.15) is 5.10 Å². The molecule has 1 unspecified atom stereocenters. The van der Waals surface area contributed by atoms with Crippen LogP contribution < -0.4 is 4.90 Å². The van der Waals surface area contributed by atoms with E-state index in [9.17, 15) is 4.79 Å². The average Bonchev–Trinajstić information content (AvgIpc) is 2.94. The van der Waals surface area contributed by atoms with Crippen molar-refractivity contribution in [2.45, 2.75) is 26.4 Å². The largest absolute Gasteiger partial charge is 0.368 e. The molecule has 2 aromatic rings. The van der Waals surface area contributed by atoms with E-state index >= 15 is 0 Å². The summed E-state index contributed by atoms with van der Waals surface area (Å²) in [5.74, 6) is 0.985. The molecule has 1 aliphatic rings. The van der Waals surface area contributed by atoms with E-state index in [1.165, 1.54) is 0 Å². The maximum Gasteiger partial charge on any atom is 0.227 e. The van der Waals surface area contributed by atoms with Crippen LogP contribution in [0.2, 0.25) is 0 Å². The second-order valence-electron chi connectivity index (χ2n) is 6.60. The van der Waals surface area contributed by atoms with Gasteiger partial charge >= 0.3 is 0 Å². The Morgan fingerprint density at radius 1 is 1.40 bits per heavy atom. The third kappa shape index (κ3) is 3.82. The second kappa shape index (κ2) is 7.23. The summed E-state index contributed by atoms with van der Waals surface area (Å²) in [7, 11) is 3.92. The molecule has 3 rings (SSSR count). The van der Waals surface area contributed by atoms with E-state index in [4.69, 9.17) is 4.74 Å². The fourth-order valence-electron chi connectivity index (χ4n) is 3.02. The minimum Gasteiger partial charge on any atom is -0.368 e. The lowest BCUT2D eigenvalue weighted by Gasteiger charge is -2.33. The first kappa shape index (κ1) is 17.4. The first-order chi connectivity index (χ1) is 12.0. The van der Waals surface area contributed by atoms with Gasteiger partial charge in [-0.15, -0.1) is 0 Å². The van der Waals surface area contributed by atoms with Crippen LogP contribution in [0.15, 0.2) is 18.2 Å². The zero-order chi connectivity index (χ0) is 18.0. The number of morpholine rings is 1. The van der Waals surface area contributed by atoms with Crippen molar-refractivity contribution in [3.8, 4) is 0 Å². The molecule has 1 saturated heterocycles. The molecule has 1 aliphatic heterocycles. The van der Waals surface area contributed by atoms with Gasteiger partial charge in [0.15, 0.2) is 0 Å². The number of pyridine rings is 1. The van der Waals surface area contributed by atoms with Gasteiger partial charge in [-0.3, -0.25) is 9.89 Å². The van der Waals surface area contributed by atoms with Crippen molar-refractivity contribution in [2.24, 2.45) is 0 Å². The number of anilines is 1. The molecule has 0 aromatic carbocycles. The third-order valence-corrected chi connectivity index (χ3v) is 4.57. The zero-order valence-corrected chi connectivity index (χ0v) is 15.2. The lowest BCUT2D eigenvalue weighted by atomic mass is 10.1. The highest BCUT2D eigenvalue weighted by molar-refractivity contribution is 5.79. The Balaban J connectivity index is 1.70. The van der Waals surface area contributed by atoms with E-state index in [0.29, 0.717) is 26.1 Å². The van der Waals surface area contributed by atoms with Crippen molar-refractivity contribution < 1.29 is 9.53 Å². The first-order valence-electron chi connectivity index (χ1n) is 8.50. The van der Waals surface area contributed by atoms with Gasteiger partial charge in [-0.05, 0) is 26.0 Å². The number of hydrogen-bond donors (Lipinski definition) is 1. The molecule has 0 radical (unpaired) electrons. The van der Waals surface area contributed by atoms with Crippen molar-refractivity contribution in [3.05, 3.63) is 40.8 Å². The molecule has 0 spiro atoms. The number of aromatic amines is 1. The van der Waals surface area contributed by atoms with Crippen LogP contribution in [0.5, 0.6) is 0 Å². The van der Waals surface area contributed by atoms with Gasteiger partial charge in [0.1, 0.15) is 11.9 Å². The molecule has 1 amide bonds. The zero-order valence-electron chi connectivity index (χ0n) is 15.2. The third-order valence-electron chi connectivity index (χ3n) is 4.57. The number of aryl methyl sites for hydroxylation is 2. The Bertz CT molecular complexity index is 736. The SMILES string of the molecule is Cc1n[nH]c(C)c1CC(=O)N1CCOC(c2cccc(N(C)C)n2)C1. The summed E-state index contributed by atoms with van der Waals surface area (Å²) in [5, 5.41) is 7.10. The molecular weight excluding hydrogens is 318 g/mol. The van der Waals surface area contributed by atoms with Gasteiger partial charge < -0.3 is 14.5 Å². The summed E-state index contributed by atoms with van der Waals surface area (Å²) < 4.78 is 5.87. The fraction of sp³-hybridized carbons (Fsp3) is 0.500. The standard InChI is InChI=1S/C18H25N5O2/c1-12-14(13(2)21-20-12)10-18(24)23-8-9-25-16(11-23)15-6-5-7-17(19-15)22(3)4/h5-7,16H,8-11H2,1-4H3,(H,20,21). The number of carbonyl (C=O) groups is 1. The predicted octanol–water partition coefficient (Wildman–Crippen LogP) is 1.63. The van der Waals surface area contributed by atoms with Gasteiger partial charge in [0.05, 0.1) is 31.0 Å². The number of nitrogens with one attached hydrogen (secondary N) is 1. The van der Waals surface area contributed by atoms with Crippen LogP contribution in [0.1, 0.15) is 28.7 Å². The van der Waals surface area contributed by atoms with Crippen molar-refractivity contribution in [2.75, 3.05) is 38.7 Å². The molecule has 1 fully saturated rings. The number of H-pyrrole nitrogens is 1. The average molecular weight is 343 g/mol. The smallest absolute Gasteiger partial charge is 0.227 e. The Labute approximate surface area is 148 Å². The summed E-state index contributed by atoms with van der Waals surface area (Å²) in [5.41, 5.74) is 3.69. The van der Waals surface area contributed by atoms with Crippen molar-refractivity contribution in [1.82, 2.24) is 20.1 Å². The molecule has 134 valence electrons. The molecule has 0 aliphatic carbocycles. The normalized spacial score (nSPS) is 17.6. The second-order valence-corrected chi connectivity index (χ2v) is 6.60. The van der Waals surface area contributed by atoms with E-state index in [2.05, 4.69) is 15.2 Å². The Hall–Kier alpha value is -2.41. The molecular formula is C18H25N5O2. The van der Waals surface area contributed by atoms with Gasteiger partial charge in [0, 0.05) is 31.9 Å². The van der Waals surface area contributed by atoms with Crippen LogP contribution in [-0.2, 0) is 16.0 Å². The maximum atomic E-state index is 12.7. The van der Waals surface area contributed by atoms with E-state index in [-0.39, 0.29) is 12.0 Å². The van der Waals surface area contributed by atoms with E-state index < -0.39 is 0 Å². The summed E-state index contributed by atoms with van der Waals surface area (Å²) in [4.78, 5) is 21.2. The van der Waals surface area contributed by atoms with Crippen LogP contribution >= 0.6 is 0 Å². The Kier molecular flexibility index (Phi) is 5.03. The summed E-state index contributed by atoms with van der Waals surface area (Å²) >= 11 is 0. The van der Waals surface area contributed by atoms with E-state index in [0.717, 1.165) is 28.5 Å².